The summed E-state index contributed by atoms with van der Waals surface area (Å²) < 4.78 is 30.2. The SMILES string of the molecule is CCC(C)(SF)c1cccc2c3ccc(F)cc3n3c(C4CCCCC4)c(C)nc3c12.CCCC. The average molecular weight is 497 g/mol. The summed E-state index contributed by atoms with van der Waals surface area (Å²) in [6.07, 6.45) is 9.29. The summed E-state index contributed by atoms with van der Waals surface area (Å²) in [7, 11) is 0. The molecule has 1 saturated carbocycles. The molecule has 2 aromatic heterocycles. The van der Waals surface area contributed by atoms with Gasteiger partial charge in [0, 0.05) is 22.4 Å². The predicted octanol–water partition coefficient (Wildman–Crippen LogP) is 10.2. The van der Waals surface area contributed by atoms with E-state index in [0.29, 0.717) is 24.5 Å². The molecule has 0 spiro atoms. The highest BCUT2D eigenvalue weighted by molar-refractivity contribution is 7.95. The summed E-state index contributed by atoms with van der Waals surface area (Å²) in [5, 5.41) is 2.98. The molecule has 5 heteroatoms. The molecule has 188 valence electrons. The molecule has 1 fully saturated rings. The van der Waals surface area contributed by atoms with Crippen LogP contribution >= 0.6 is 12.1 Å². The third-order valence-electron chi connectivity index (χ3n) is 7.78. The number of benzene rings is 2. The van der Waals surface area contributed by atoms with Gasteiger partial charge in [-0.2, -0.15) is 3.89 Å². The summed E-state index contributed by atoms with van der Waals surface area (Å²) >= 11 is 0.399. The predicted molar refractivity (Wildman–Crippen MR) is 148 cm³/mol. The van der Waals surface area contributed by atoms with Gasteiger partial charge in [-0.25, -0.2) is 9.37 Å². The first kappa shape index (κ1) is 25.9. The Labute approximate surface area is 212 Å². The van der Waals surface area contributed by atoms with Crippen LogP contribution < -0.4 is 0 Å². The van der Waals surface area contributed by atoms with E-state index in [0.717, 1.165) is 51.4 Å². The molecule has 0 N–H and O–H groups in total. The molecule has 5 rings (SSSR count). The molecular formula is C30H38F2N2S. The number of imidazole rings is 1. The molecule has 0 bridgehead atoms. The Morgan fingerprint density at radius 3 is 2.37 bits per heavy atom. The van der Waals surface area contributed by atoms with Gasteiger partial charge in [0.15, 0.2) is 0 Å². The zero-order valence-electron chi connectivity index (χ0n) is 21.8. The van der Waals surface area contributed by atoms with Crippen molar-refractivity contribution in [3.63, 3.8) is 0 Å². The van der Waals surface area contributed by atoms with Gasteiger partial charge < -0.3 is 0 Å². The molecule has 35 heavy (non-hydrogen) atoms. The van der Waals surface area contributed by atoms with Gasteiger partial charge in [0.05, 0.1) is 28.1 Å². The molecule has 2 aromatic carbocycles. The first-order chi connectivity index (χ1) is 16.9. The Morgan fingerprint density at radius 1 is 1.03 bits per heavy atom. The quantitative estimate of drug-likeness (QED) is 0.256. The van der Waals surface area contributed by atoms with Crippen molar-refractivity contribution in [1.82, 2.24) is 9.38 Å². The van der Waals surface area contributed by atoms with E-state index in [1.807, 2.05) is 32.0 Å². The number of unbranched alkanes of at least 4 members (excludes halogenated alkanes) is 1. The van der Waals surface area contributed by atoms with Crippen LogP contribution in [0.5, 0.6) is 0 Å². The minimum Gasteiger partial charge on any atom is -0.295 e. The maximum absolute atomic E-state index is 14.4. The van der Waals surface area contributed by atoms with Gasteiger partial charge >= 0.3 is 0 Å². The third-order valence-corrected chi connectivity index (χ3v) is 8.63. The van der Waals surface area contributed by atoms with Crippen LogP contribution in [0.2, 0.25) is 0 Å². The van der Waals surface area contributed by atoms with Gasteiger partial charge in [0.25, 0.3) is 0 Å². The normalized spacial score (nSPS) is 16.4. The van der Waals surface area contributed by atoms with Crippen LogP contribution in [-0.4, -0.2) is 9.38 Å². The molecule has 2 nitrogen and oxygen atoms in total. The second kappa shape index (κ2) is 10.9. The van der Waals surface area contributed by atoms with Crippen molar-refractivity contribution in [2.75, 3.05) is 0 Å². The molecular weight excluding hydrogens is 458 g/mol. The maximum Gasteiger partial charge on any atom is 0.146 e. The monoisotopic (exact) mass is 496 g/mol. The van der Waals surface area contributed by atoms with E-state index < -0.39 is 4.75 Å². The van der Waals surface area contributed by atoms with Crippen molar-refractivity contribution in [3.8, 4) is 0 Å². The Hall–Kier alpha value is -2.14. The Bertz CT molecular complexity index is 1310. The number of aryl methyl sites for hydroxylation is 1. The highest BCUT2D eigenvalue weighted by Gasteiger charge is 2.31. The molecule has 1 aliphatic rings. The topological polar surface area (TPSA) is 17.3 Å². The van der Waals surface area contributed by atoms with Crippen molar-refractivity contribution in [2.24, 2.45) is 0 Å². The van der Waals surface area contributed by atoms with Crippen molar-refractivity contribution in [3.05, 3.63) is 59.2 Å². The van der Waals surface area contributed by atoms with Crippen LogP contribution in [0.4, 0.5) is 8.28 Å². The summed E-state index contributed by atoms with van der Waals surface area (Å²) in [5.74, 6) is 0.177. The second-order valence-corrected chi connectivity index (χ2v) is 11.2. The van der Waals surface area contributed by atoms with E-state index in [1.165, 1.54) is 43.9 Å². The average Bonchev–Trinajstić information content (AvgIpc) is 3.25. The van der Waals surface area contributed by atoms with Crippen molar-refractivity contribution in [1.29, 1.82) is 0 Å². The number of hydrogen-bond donors (Lipinski definition) is 0. The molecule has 2 heterocycles. The van der Waals surface area contributed by atoms with Crippen LogP contribution in [0.25, 0.3) is 27.3 Å². The summed E-state index contributed by atoms with van der Waals surface area (Å²) in [6, 6.07) is 11.1. The van der Waals surface area contributed by atoms with Crippen molar-refractivity contribution >= 4 is 39.5 Å². The largest absolute Gasteiger partial charge is 0.295 e. The van der Waals surface area contributed by atoms with Gasteiger partial charge in [0.1, 0.15) is 11.5 Å². The fourth-order valence-corrected chi connectivity index (χ4v) is 5.83. The highest BCUT2D eigenvalue weighted by Crippen LogP contribution is 2.46. The first-order valence-corrected chi connectivity index (χ1v) is 13.9. The van der Waals surface area contributed by atoms with Gasteiger partial charge in [0.2, 0.25) is 0 Å². The summed E-state index contributed by atoms with van der Waals surface area (Å²) in [4.78, 5) is 5.05. The van der Waals surface area contributed by atoms with Gasteiger partial charge in [-0.05, 0) is 62.3 Å². The van der Waals surface area contributed by atoms with E-state index in [2.05, 4.69) is 31.2 Å². The van der Waals surface area contributed by atoms with E-state index in [9.17, 15) is 8.28 Å². The molecule has 0 aliphatic heterocycles. The first-order valence-electron chi connectivity index (χ1n) is 13.2. The number of rotatable bonds is 5. The lowest BCUT2D eigenvalue weighted by Crippen LogP contribution is -2.16. The minimum atomic E-state index is -0.668. The second-order valence-electron chi connectivity index (χ2n) is 10.1. The Balaban J connectivity index is 0.000000672. The molecule has 1 unspecified atom stereocenters. The van der Waals surface area contributed by atoms with Crippen LogP contribution in [0.15, 0.2) is 36.4 Å². The Kier molecular flexibility index (Phi) is 8.05. The van der Waals surface area contributed by atoms with Crippen LogP contribution in [0.1, 0.15) is 102 Å². The third kappa shape index (κ3) is 4.69. The minimum absolute atomic E-state index is 0.247. The number of pyridine rings is 1. The van der Waals surface area contributed by atoms with E-state index in [-0.39, 0.29) is 5.82 Å². The maximum atomic E-state index is 14.4. The van der Waals surface area contributed by atoms with E-state index >= 15 is 0 Å². The highest BCUT2D eigenvalue weighted by atomic mass is 32.2. The smallest absolute Gasteiger partial charge is 0.146 e. The van der Waals surface area contributed by atoms with E-state index in [1.54, 1.807) is 6.07 Å². The van der Waals surface area contributed by atoms with Crippen LogP contribution in [0.3, 0.4) is 0 Å². The van der Waals surface area contributed by atoms with Crippen LogP contribution in [-0.2, 0) is 4.75 Å². The van der Waals surface area contributed by atoms with E-state index in [4.69, 9.17) is 4.98 Å². The molecule has 0 saturated heterocycles. The van der Waals surface area contributed by atoms with Crippen molar-refractivity contribution < 1.29 is 8.28 Å². The van der Waals surface area contributed by atoms with Gasteiger partial charge in [-0.15, -0.1) is 0 Å². The number of nitrogens with zero attached hydrogens (tertiary/aromatic N) is 2. The fraction of sp³-hybridized carbons (Fsp3) is 0.500. The summed E-state index contributed by atoms with van der Waals surface area (Å²) in [6.45, 7) is 10.4. The van der Waals surface area contributed by atoms with Gasteiger partial charge in [-0.3, -0.25) is 4.40 Å². The molecule has 1 aliphatic carbocycles. The van der Waals surface area contributed by atoms with Crippen LogP contribution in [0, 0.1) is 12.7 Å². The zero-order valence-corrected chi connectivity index (χ0v) is 22.6. The Morgan fingerprint density at radius 2 is 1.74 bits per heavy atom. The zero-order chi connectivity index (χ0) is 25.2. The molecule has 0 radical (unpaired) electrons. The number of aromatic nitrogens is 2. The van der Waals surface area contributed by atoms with Gasteiger partial charge in [-0.1, -0.05) is 71.1 Å². The lowest BCUT2D eigenvalue weighted by atomic mass is 9.86. The number of hydrogen-bond acceptors (Lipinski definition) is 2. The standard InChI is InChI=1S/C26H28F2N2S.C4H10/c1-4-26(3,31-28)21-12-8-11-20-19-14-13-18(27)15-22(19)30-24(17-9-6-5-7-10-17)16(2)29-25(30)23(20)21;1-3-4-2/h8,11-15,17H,4-7,9-10H2,1-3H3;3-4H2,1-2H3. The fourth-order valence-electron chi connectivity index (χ4n) is 5.47. The molecule has 4 aromatic rings. The van der Waals surface area contributed by atoms with Crippen molar-refractivity contribution in [2.45, 2.75) is 96.7 Å². The molecule has 0 amide bonds. The summed E-state index contributed by atoms with van der Waals surface area (Å²) in [5.41, 5.74) is 4.85. The lowest BCUT2D eigenvalue weighted by molar-refractivity contribution is 0.434. The molecule has 1 atom stereocenters. The lowest BCUT2D eigenvalue weighted by Gasteiger charge is -2.26. The number of fused-ring (bicyclic) bond motifs is 6. The number of halogens is 2.